The minimum atomic E-state index is -1.17. The fourth-order valence-electron chi connectivity index (χ4n) is 3.42. The molecule has 30 heavy (non-hydrogen) atoms. The molecule has 158 valence electrons. The molecular weight excluding hydrogens is 439 g/mol. The number of anilines is 1. The number of nitrogens with zero attached hydrogens (tertiary/aromatic N) is 5. The Morgan fingerprint density at radius 1 is 1.10 bits per heavy atom. The molecule has 0 unspecified atom stereocenters. The quantitative estimate of drug-likeness (QED) is 0.242. The largest absolute Gasteiger partial charge is 0.383 e. The second-order valence-corrected chi connectivity index (χ2v) is 14.9. The molecule has 3 heterocycles. The average Bonchev–Trinajstić information content (AvgIpc) is 3.19. The highest BCUT2D eigenvalue weighted by molar-refractivity contribution is 6.76. The van der Waals surface area contributed by atoms with Gasteiger partial charge >= 0.3 is 0 Å². The number of rotatable bonds is 6. The van der Waals surface area contributed by atoms with Crippen molar-refractivity contribution in [3.63, 3.8) is 0 Å². The van der Waals surface area contributed by atoms with Crippen molar-refractivity contribution in [3.05, 3.63) is 34.8 Å². The molecule has 2 N–H and O–H groups in total. The summed E-state index contributed by atoms with van der Waals surface area (Å²) >= 11 is 12.9. The summed E-state index contributed by atoms with van der Waals surface area (Å²) in [5.41, 5.74) is 9.37. The van der Waals surface area contributed by atoms with Crippen molar-refractivity contribution >= 4 is 59.0 Å². The van der Waals surface area contributed by atoms with Gasteiger partial charge in [0.1, 0.15) is 18.2 Å². The van der Waals surface area contributed by atoms with Crippen LogP contribution in [-0.4, -0.2) is 39.0 Å². The van der Waals surface area contributed by atoms with Crippen LogP contribution in [0, 0.1) is 0 Å². The van der Waals surface area contributed by atoms with Gasteiger partial charge in [0.05, 0.1) is 15.9 Å². The van der Waals surface area contributed by atoms with Crippen LogP contribution in [-0.2, 0) is 18.5 Å². The first-order valence-electron chi connectivity index (χ1n) is 9.66. The zero-order valence-corrected chi connectivity index (χ0v) is 19.9. The van der Waals surface area contributed by atoms with Gasteiger partial charge < -0.3 is 15.0 Å². The Balaban J connectivity index is 1.80. The number of ether oxygens (including phenoxy) is 1. The van der Waals surface area contributed by atoms with E-state index in [4.69, 9.17) is 33.7 Å². The van der Waals surface area contributed by atoms with Crippen LogP contribution in [0.2, 0.25) is 36.0 Å². The Hall–Kier alpha value is -2.13. The Kier molecular flexibility index (Phi) is 5.52. The fraction of sp³-hybridized carbons (Fsp3) is 0.350. The zero-order valence-electron chi connectivity index (χ0n) is 17.4. The van der Waals surface area contributed by atoms with Crippen molar-refractivity contribution in [1.29, 1.82) is 0 Å². The maximum absolute atomic E-state index is 6.76. The molecule has 0 aliphatic carbocycles. The maximum atomic E-state index is 6.76. The summed E-state index contributed by atoms with van der Waals surface area (Å²) in [7, 11) is 0.696. The molecule has 0 radical (unpaired) electrons. The number of aromatic nitrogens is 5. The van der Waals surface area contributed by atoms with Gasteiger partial charge in [-0.05, 0) is 23.7 Å². The van der Waals surface area contributed by atoms with Crippen LogP contribution in [0.1, 0.15) is 0 Å². The summed E-state index contributed by atoms with van der Waals surface area (Å²) in [6.07, 6.45) is 3.85. The van der Waals surface area contributed by atoms with Gasteiger partial charge in [-0.25, -0.2) is 4.98 Å². The molecular formula is C20H24Cl2N6OSi. The van der Waals surface area contributed by atoms with Gasteiger partial charge in [-0.3, -0.25) is 4.68 Å². The number of halogens is 2. The SMILES string of the molecule is Cn1cc2c(Cl)c(-c3cn(COCC[Si](C)(C)C)c4nc(Cl)nc(N)c34)ccc2n1. The van der Waals surface area contributed by atoms with Crippen molar-refractivity contribution in [1.82, 2.24) is 24.3 Å². The molecule has 0 aliphatic heterocycles. The molecule has 7 nitrogen and oxygen atoms in total. The molecule has 1 aromatic carbocycles. The molecule has 0 fully saturated rings. The van der Waals surface area contributed by atoms with Gasteiger partial charge in [-0.1, -0.05) is 37.3 Å². The Morgan fingerprint density at radius 3 is 2.60 bits per heavy atom. The summed E-state index contributed by atoms with van der Waals surface area (Å²) in [4.78, 5) is 8.56. The highest BCUT2D eigenvalue weighted by Crippen LogP contribution is 2.40. The van der Waals surface area contributed by atoms with E-state index >= 15 is 0 Å². The number of aryl methyl sites for hydroxylation is 1. The lowest BCUT2D eigenvalue weighted by Gasteiger charge is -2.15. The van der Waals surface area contributed by atoms with E-state index in [2.05, 4.69) is 34.7 Å². The summed E-state index contributed by atoms with van der Waals surface area (Å²) in [6, 6.07) is 4.97. The molecule has 3 aromatic heterocycles. The van der Waals surface area contributed by atoms with E-state index < -0.39 is 8.07 Å². The summed E-state index contributed by atoms with van der Waals surface area (Å²) in [5, 5.41) is 6.70. The Labute approximate surface area is 185 Å². The number of hydrogen-bond donors (Lipinski definition) is 1. The van der Waals surface area contributed by atoms with Crippen molar-refractivity contribution in [2.75, 3.05) is 12.3 Å². The standard InChI is InChI=1S/C20H24Cl2N6OSi/c1-27-9-14-15(26-27)6-5-12(17(14)21)13-10-28(11-29-7-8-30(2,3)4)19-16(13)18(23)24-20(22)25-19/h5-6,9-10H,7-8,11H2,1-4H3,(H2,23,24,25). The van der Waals surface area contributed by atoms with Crippen LogP contribution in [0.15, 0.2) is 24.5 Å². The predicted octanol–water partition coefficient (Wildman–Crippen LogP) is 5.19. The van der Waals surface area contributed by atoms with Crippen LogP contribution in [0.25, 0.3) is 33.1 Å². The van der Waals surface area contributed by atoms with Gasteiger partial charge in [0, 0.05) is 50.6 Å². The molecule has 0 spiro atoms. The third-order valence-electron chi connectivity index (χ3n) is 4.97. The van der Waals surface area contributed by atoms with Crippen LogP contribution < -0.4 is 5.73 Å². The van der Waals surface area contributed by atoms with Crippen molar-refractivity contribution in [2.45, 2.75) is 32.4 Å². The van der Waals surface area contributed by atoms with E-state index in [1.54, 1.807) is 4.68 Å². The zero-order chi connectivity index (χ0) is 21.6. The molecule has 4 rings (SSSR count). The summed E-state index contributed by atoms with van der Waals surface area (Å²) in [6.45, 7) is 8.01. The molecule has 4 aromatic rings. The smallest absolute Gasteiger partial charge is 0.226 e. The van der Waals surface area contributed by atoms with Crippen molar-refractivity contribution in [3.8, 4) is 11.1 Å². The number of nitrogen functional groups attached to an aromatic ring is 1. The second-order valence-electron chi connectivity index (χ2n) is 8.60. The van der Waals surface area contributed by atoms with Gasteiger partial charge in [0.15, 0.2) is 0 Å². The van der Waals surface area contributed by atoms with E-state index in [1.165, 1.54) is 0 Å². The van der Waals surface area contributed by atoms with E-state index in [0.29, 0.717) is 35.2 Å². The van der Waals surface area contributed by atoms with Gasteiger partial charge in [0.25, 0.3) is 0 Å². The second kappa shape index (κ2) is 7.85. The third kappa shape index (κ3) is 4.05. The molecule has 0 aliphatic rings. The van der Waals surface area contributed by atoms with Crippen LogP contribution >= 0.6 is 23.2 Å². The number of nitrogens with two attached hydrogens (primary N) is 1. The first-order chi connectivity index (χ1) is 14.1. The van der Waals surface area contributed by atoms with Crippen LogP contribution in [0.3, 0.4) is 0 Å². The fourth-order valence-corrected chi connectivity index (χ4v) is 4.65. The molecule has 10 heteroatoms. The highest BCUT2D eigenvalue weighted by atomic mass is 35.5. The van der Waals surface area contributed by atoms with Crippen molar-refractivity contribution in [2.24, 2.45) is 7.05 Å². The first-order valence-corrected chi connectivity index (χ1v) is 14.1. The third-order valence-corrected chi connectivity index (χ3v) is 7.25. The Morgan fingerprint density at radius 2 is 1.87 bits per heavy atom. The van der Waals surface area contributed by atoms with Crippen molar-refractivity contribution < 1.29 is 4.74 Å². The summed E-state index contributed by atoms with van der Waals surface area (Å²) < 4.78 is 9.59. The van der Waals surface area contributed by atoms with Gasteiger partial charge in [0.2, 0.25) is 5.28 Å². The van der Waals surface area contributed by atoms with E-state index in [9.17, 15) is 0 Å². The maximum Gasteiger partial charge on any atom is 0.226 e. The van der Waals surface area contributed by atoms with E-state index in [0.717, 1.165) is 28.1 Å². The van der Waals surface area contributed by atoms with Crippen LogP contribution in [0.4, 0.5) is 5.82 Å². The average molecular weight is 463 g/mol. The lowest BCUT2D eigenvalue weighted by Crippen LogP contribution is -2.22. The molecule has 0 saturated heterocycles. The monoisotopic (exact) mass is 462 g/mol. The normalized spacial score (nSPS) is 12.3. The van der Waals surface area contributed by atoms with Crippen LogP contribution in [0.5, 0.6) is 0 Å². The number of fused-ring (bicyclic) bond motifs is 2. The number of benzene rings is 1. The molecule has 0 amide bonds. The Bertz CT molecular complexity index is 1240. The highest BCUT2D eigenvalue weighted by Gasteiger charge is 2.20. The summed E-state index contributed by atoms with van der Waals surface area (Å²) in [5.74, 6) is 0.309. The minimum Gasteiger partial charge on any atom is -0.383 e. The number of hydrogen-bond acceptors (Lipinski definition) is 5. The predicted molar refractivity (Wildman–Crippen MR) is 126 cm³/mol. The van der Waals surface area contributed by atoms with Gasteiger partial charge in [-0.15, -0.1) is 0 Å². The topological polar surface area (TPSA) is 83.8 Å². The molecule has 0 bridgehead atoms. The lowest BCUT2D eigenvalue weighted by atomic mass is 10.0. The molecule has 0 atom stereocenters. The van der Waals surface area contributed by atoms with E-state index in [1.807, 2.05) is 36.1 Å². The lowest BCUT2D eigenvalue weighted by molar-refractivity contribution is 0.0899. The first kappa shape index (κ1) is 21.1. The van der Waals surface area contributed by atoms with Gasteiger partial charge in [-0.2, -0.15) is 10.1 Å². The minimum absolute atomic E-state index is 0.0989. The molecule has 0 saturated carbocycles. The van der Waals surface area contributed by atoms with E-state index in [-0.39, 0.29) is 5.28 Å².